The van der Waals surface area contributed by atoms with Gasteiger partial charge in [-0.3, -0.25) is 4.79 Å². The van der Waals surface area contributed by atoms with Crippen LogP contribution in [0.5, 0.6) is 0 Å². The number of benzene rings is 1. The summed E-state index contributed by atoms with van der Waals surface area (Å²) < 4.78 is 0. The van der Waals surface area contributed by atoms with Gasteiger partial charge in [-0.25, -0.2) is 0 Å². The molecular formula is C16H22ClNO. The second kappa shape index (κ2) is 6.95. The molecule has 0 heterocycles. The van der Waals surface area contributed by atoms with Gasteiger partial charge in [-0.15, -0.1) is 11.6 Å². The number of aryl methyl sites for hydroxylation is 1. The fraction of sp³-hybridized carbons (Fsp3) is 0.562. The summed E-state index contributed by atoms with van der Waals surface area (Å²) in [6.45, 7) is 2.82. The van der Waals surface area contributed by atoms with Crippen LogP contribution in [0.2, 0.25) is 0 Å². The Morgan fingerprint density at radius 2 is 2.16 bits per heavy atom. The van der Waals surface area contributed by atoms with Crippen molar-refractivity contribution in [3.05, 3.63) is 35.4 Å². The normalized spacial score (nSPS) is 23.1. The van der Waals surface area contributed by atoms with Crippen molar-refractivity contribution in [3.63, 3.8) is 0 Å². The van der Waals surface area contributed by atoms with Gasteiger partial charge in [0.2, 0.25) is 0 Å². The molecular weight excluding hydrogens is 258 g/mol. The quantitative estimate of drug-likeness (QED) is 0.835. The summed E-state index contributed by atoms with van der Waals surface area (Å²) in [5, 5.41) is 3.36. The summed E-state index contributed by atoms with van der Waals surface area (Å²) in [5.74, 6) is 0.586. The lowest BCUT2D eigenvalue weighted by Gasteiger charge is -2.25. The topological polar surface area (TPSA) is 29.1 Å². The van der Waals surface area contributed by atoms with Crippen LogP contribution in [0.4, 0.5) is 0 Å². The number of hydrogen-bond acceptors (Lipinski definition) is 1. The summed E-state index contributed by atoms with van der Waals surface area (Å²) in [6.07, 6.45) is 5.39. The molecule has 1 saturated carbocycles. The lowest BCUT2D eigenvalue weighted by Crippen LogP contribution is -2.32. The van der Waals surface area contributed by atoms with Crippen LogP contribution in [-0.4, -0.2) is 17.8 Å². The van der Waals surface area contributed by atoms with E-state index in [1.54, 1.807) is 0 Å². The van der Waals surface area contributed by atoms with Crippen LogP contribution in [0, 0.1) is 5.92 Å². The maximum atomic E-state index is 12.2. The van der Waals surface area contributed by atoms with Gasteiger partial charge in [0.25, 0.3) is 5.91 Å². The second-order valence-electron chi connectivity index (χ2n) is 5.35. The Balaban J connectivity index is 1.90. The molecule has 1 N–H and O–H groups in total. The Morgan fingerprint density at radius 3 is 2.89 bits per heavy atom. The lowest BCUT2D eigenvalue weighted by atomic mass is 9.89. The maximum absolute atomic E-state index is 12.2. The molecule has 1 fully saturated rings. The van der Waals surface area contributed by atoms with Gasteiger partial charge in [0.1, 0.15) is 0 Å². The van der Waals surface area contributed by atoms with Gasteiger partial charge in [-0.1, -0.05) is 31.5 Å². The molecule has 104 valence electrons. The van der Waals surface area contributed by atoms with E-state index in [2.05, 4.69) is 12.2 Å². The van der Waals surface area contributed by atoms with E-state index >= 15 is 0 Å². The van der Waals surface area contributed by atoms with Crippen LogP contribution in [0.15, 0.2) is 24.3 Å². The minimum Gasteiger partial charge on any atom is -0.352 e. The number of halogens is 1. The van der Waals surface area contributed by atoms with Gasteiger partial charge in [0.05, 0.1) is 0 Å². The predicted octanol–water partition coefficient (Wildman–Crippen LogP) is 3.78. The molecule has 0 spiro atoms. The van der Waals surface area contributed by atoms with E-state index in [1.165, 1.54) is 12.8 Å². The number of nitrogens with one attached hydrogen (secondary N) is 1. The number of rotatable bonds is 4. The molecule has 2 nitrogen and oxygen atoms in total. The van der Waals surface area contributed by atoms with E-state index in [0.29, 0.717) is 11.3 Å². The van der Waals surface area contributed by atoms with Gasteiger partial charge in [0, 0.05) is 17.5 Å². The summed E-state index contributed by atoms with van der Waals surface area (Å²) >= 11 is 6.18. The van der Waals surface area contributed by atoms with E-state index in [9.17, 15) is 4.79 Å². The largest absolute Gasteiger partial charge is 0.352 e. The number of hydrogen-bond donors (Lipinski definition) is 1. The lowest BCUT2D eigenvalue weighted by molar-refractivity contribution is 0.0943. The minimum absolute atomic E-state index is 0.0501. The van der Waals surface area contributed by atoms with Gasteiger partial charge >= 0.3 is 0 Å². The van der Waals surface area contributed by atoms with Crippen LogP contribution in [0.1, 0.15) is 48.5 Å². The number of alkyl halides is 1. The molecule has 1 aromatic rings. The first-order valence-corrected chi connectivity index (χ1v) is 7.64. The van der Waals surface area contributed by atoms with Crippen molar-refractivity contribution in [2.24, 2.45) is 5.92 Å². The van der Waals surface area contributed by atoms with Crippen LogP contribution < -0.4 is 5.32 Å². The average molecular weight is 280 g/mol. The van der Waals surface area contributed by atoms with Crippen molar-refractivity contribution in [3.8, 4) is 0 Å². The highest BCUT2D eigenvalue weighted by atomic mass is 35.5. The molecule has 1 aromatic carbocycles. The fourth-order valence-electron chi connectivity index (χ4n) is 2.79. The summed E-state index contributed by atoms with van der Waals surface area (Å²) in [5.41, 5.74) is 1.92. The highest BCUT2D eigenvalue weighted by Crippen LogP contribution is 2.27. The van der Waals surface area contributed by atoms with Gasteiger partial charge in [-0.05, 0) is 43.2 Å². The molecule has 0 aliphatic heterocycles. The fourth-order valence-corrected chi connectivity index (χ4v) is 3.20. The van der Waals surface area contributed by atoms with E-state index < -0.39 is 0 Å². The van der Waals surface area contributed by atoms with Crippen LogP contribution in [0.3, 0.4) is 0 Å². The SMILES string of the molecule is CCc1ccccc1C(=O)NCC1CCCC(Cl)C1. The third-order valence-corrected chi connectivity index (χ3v) is 4.31. The number of carbonyl (C=O) groups excluding carboxylic acids is 1. The first-order chi connectivity index (χ1) is 9.20. The Labute approximate surface area is 120 Å². The Bertz CT molecular complexity index is 433. The zero-order chi connectivity index (χ0) is 13.7. The molecule has 0 radical (unpaired) electrons. The Hall–Kier alpha value is -1.02. The molecule has 0 saturated heterocycles. The number of carbonyl (C=O) groups is 1. The molecule has 0 bridgehead atoms. The number of amides is 1. The Morgan fingerprint density at radius 1 is 1.37 bits per heavy atom. The van der Waals surface area contributed by atoms with Crippen molar-refractivity contribution in [1.29, 1.82) is 0 Å². The summed E-state index contributed by atoms with van der Waals surface area (Å²) in [6, 6.07) is 7.82. The molecule has 1 aliphatic carbocycles. The average Bonchev–Trinajstić information content (AvgIpc) is 2.45. The molecule has 2 unspecified atom stereocenters. The van der Waals surface area contributed by atoms with Crippen molar-refractivity contribution in [2.75, 3.05) is 6.54 Å². The molecule has 0 aromatic heterocycles. The van der Waals surface area contributed by atoms with Gasteiger partial charge in [0.15, 0.2) is 0 Å². The molecule has 19 heavy (non-hydrogen) atoms. The van der Waals surface area contributed by atoms with E-state index in [0.717, 1.165) is 36.9 Å². The smallest absolute Gasteiger partial charge is 0.251 e. The highest BCUT2D eigenvalue weighted by Gasteiger charge is 2.21. The molecule has 2 rings (SSSR count). The first kappa shape index (κ1) is 14.4. The van der Waals surface area contributed by atoms with Crippen molar-refractivity contribution < 1.29 is 4.79 Å². The second-order valence-corrected chi connectivity index (χ2v) is 5.97. The van der Waals surface area contributed by atoms with E-state index in [4.69, 9.17) is 11.6 Å². The summed E-state index contributed by atoms with van der Waals surface area (Å²) in [4.78, 5) is 12.2. The van der Waals surface area contributed by atoms with Gasteiger partial charge in [-0.2, -0.15) is 0 Å². The monoisotopic (exact) mass is 279 g/mol. The van der Waals surface area contributed by atoms with Crippen molar-refractivity contribution in [2.45, 2.75) is 44.4 Å². The van der Waals surface area contributed by atoms with Crippen LogP contribution >= 0.6 is 11.6 Å². The van der Waals surface area contributed by atoms with Crippen LogP contribution in [-0.2, 0) is 6.42 Å². The van der Waals surface area contributed by atoms with E-state index in [1.807, 2.05) is 24.3 Å². The van der Waals surface area contributed by atoms with Crippen LogP contribution in [0.25, 0.3) is 0 Å². The first-order valence-electron chi connectivity index (χ1n) is 7.21. The third-order valence-electron chi connectivity index (χ3n) is 3.91. The highest BCUT2D eigenvalue weighted by molar-refractivity contribution is 6.20. The minimum atomic E-state index is 0.0501. The molecule has 3 heteroatoms. The molecule has 1 aliphatic rings. The summed E-state index contributed by atoms with van der Waals surface area (Å²) in [7, 11) is 0. The zero-order valence-electron chi connectivity index (χ0n) is 11.5. The molecule has 1 amide bonds. The predicted molar refractivity (Wildman–Crippen MR) is 79.8 cm³/mol. The Kier molecular flexibility index (Phi) is 5.26. The third kappa shape index (κ3) is 3.97. The maximum Gasteiger partial charge on any atom is 0.251 e. The van der Waals surface area contributed by atoms with E-state index in [-0.39, 0.29) is 5.91 Å². The van der Waals surface area contributed by atoms with Gasteiger partial charge < -0.3 is 5.32 Å². The molecule has 2 atom stereocenters. The zero-order valence-corrected chi connectivity index (χ0v) is 12.2. The van der Waals surface area contributed by atoms with Crippen molar-refractivity contribution in [1.82, 2.24) is 5.32 Å². The van der Waals surface area contributed by atoms with Crippen molar-refractivity contribution >= 4 is 17.5 Å². The standard InChI is InChI=1S/C16H22ClNO/c1-2-13-7-3-4-9-15(13)16(19)18-11-12-6-5-8-14(17)10-12/h3-4,7,9,12,14H,2,5-6,8,10-11H2,1H3,(H,18,19).